The van der Waals surface area contributed by atoms with Crippen LogP contribution in [0.2, 0.25) is 0 Å². The number of para-hydroxylation sites is 3. The maximum Gasteiger partial charge on any atom is 0.164 e. The van der Waals surface area contributed by atoms with Gasteiger partial charge in [-0.15, -0.1) is 11.3 Å². The first-order valence-electron chi connectivity index (χ1n) is 27.1. The number of hydrogen-bond acceptors (Lipinski definition) is 4. The molecule has 4 fully saturated rings. The maximum atomic E-state index is 5.54. The molecule has 5 aliphatic rings. The fourth-order valence-corrected chi connectivity index (χ4v) is 16.3. The molecule has 5 aliphatic carbocycles. The van der Waals surface area contributed by atoms with Gasteiger partial charge in [-0.05, 0) is 161 Å². The van der Waals surface area contributed by atoms with Crippen LogP contribution in [0.1, 0.15) is 69.1 Å². The van der Waals surface area contributed by atoms with Gasteiger partial charge in [0.05, 0.1) is 11.0 Å². The van der Waals surface area contributed by atoms with Gasteiger partial charge >= 0.3 is 0 Å². The van der Waals surface area contributed by atoms with E-state index in [1.807, 2.05) is 11.3 Å². The lowest BCUT2D eigenvalue weighted by Gasteiger charge is -2.57. The van der Waals surface area contributed by atoms with Crippen LogP contribution in [0.3, 0.4) is 0 Å². The van der Waals surface area contributed by atoms with Crippen LogP contribution in [0.5, 0.6) is 0 Å². The normalized spacial score (nSPS) is 20.1. The smallest absolute Gasteiger partial charge is 0.164 e. The van der Waals surface area contributed by atoms with Gasteiger partial charge in [0.2, 0.25) is 0 Å². The van der Waals surface area contributed by atoms with E-state index in [0.717, 1.165) is 56.8 Å². The molecule has 9 aromatic carbocycles. The molecule has 0 radical (unpaired) electrons. The molecule has 3 heterocycles. The minimum Gasteiger partial charge on any atom is -0.309 e. The van der Waals surface area contributed by atoms with Gasteiger partial charge in [-0.2, -0.15) is 0 Å². The summed E-state index contributed by atoms with van der Waals surface area (Å²) in [5.41, 5.74) is 18.0. The number of fused-ring (bicyclic) bond motifs is 9. The predicted molar refractivity (Wildman–Crippen MR) is 312 cm³/mol. The summed E-state index contributed by atoms with van der Waals surface area (Å²) in [6.45, 7) is 4.67. The highest BCUT2D eigenvalue weighted by atomic mass is 32.1. The lowest BCUT2D eigenvalue weighted by Crippen LogP contribution is -2.48. The van der Waals surface area contributed by atoms with Crippen molar-refractivity contribution in [3.63, 3.8) is 0 Å². The van der Waals surface area contributed by atoms with E-state index in [-0.39, 0.29) is 5.41 Å². The summed E-state index contributed by atoms with van der Waals surface area (Å²) in [4.78, 5) is 16.5. The summed E-state index contributed by atoms with van der Waals surface area (Å²) in [5, 5.41) is 4.99. The SMILES string of the molecule is CC1(C)c2ccccc2-c2cc(-c3nc(-c4cc(-c5ccc(C67CC8CC(CC(C8)C6)C7)cc5)cc(-c5cccc6c7ccccc7n(-c7ccccc7)c56)c4)nc(-c4ccc5c(c4)sc4ccccc45)n3)ccc21. The molecule has 5 heteroatoms. The van der Waals surface area contributed by atoms with E-state index in [9.17, 15) is 0 Å². The third-order valence-corrected chi connectivity index (χ3v) is 19.3. The molecule has 75 heavy (non-hydrogen) atoms. The first kappa shape index (κ1) is 43.4. The number of aromatic nitrogens is 4. The Kier molecular flexibility index (Phi) is 9.41. The number of rotatable bonds is 7. The van der Waals surface area contributed by atoms with Gasteiger partial charge in [-0.3, -0.25) is 0 Å². The van der Waals surface area contributed by atoms with E-state index in [0.29, 0.717) is 22.9 Å². The maximum absolute atomic E-state index is 5.54. The largest absolute Gasteiger partial charge is 0.309 e. The Morgan fingerprint density at radius 1 is 0.413 bits per heavy atom. The fourth-order valence-electron chi connectivity index (χ4n) is 15.1. The summed E-state index contributed by atoms with van der Waals surface area (Å²) in [7, 11) is 0. The van der Waals surface area contributed by atoms with Crippen LogP contribution in [0.4, 0.5) is 0 Å². The van der Waals surface area contributed by atoms with Crippen LogP contribution in [0.15, 0.2) is 200 Å². The van der Waals surface area contributed by atoms with Crippen LogP contribution in [0.25, 0.3) is 115 Å². The average Bonchev–Trinajstić information content (AvgIpc) is 4.08. The average molecular weight is 983 g/mol. The Labute approximate surface area is 441 Å². The number of nitrogens with zero attached hydrogens (tertiary/aromatic N) is 4. The molecule has 3 aromatic heterocycles. The second-order valence-corrected chi connectivity index (χ2v) is 24.1. The highest BCUT2D eigenvalue weighted by Gasteiger charge is 2.51. The molecule has 17 rings (SSSR count). The zero-order valence-electron chi connectivity index (χ0n) is 42.2. The zero-order valence-corrected chi connectivity index (χ0v) is 43.0. The third kappa shape index (κ3) is 6.76. The Morgan fingerprint density at radius 3 is 1.77 bits per heavy atom. The molecule has 0 aliphatic heterocycles. The van der Waals surface area contributed by atoms with Gasteiger partial charge in [-0.1, -0.05) is 159 Å². The molecular formula is C70H54N4S. The molecule has 360 valence electrons. The fraction of sp³-hybridized carbons (Fsp3) is 0.186. The second-order valence-electron chi connectivity index (χ2n) is 23.0. The van der Waals surface area contributed by atoms with Gasteiger partial charge in [0.25, 0.3) is 0 Å². The lowest BCUT2D eigenvalue weighted by atomic mass is 9.48. The second kappa shape index (κ2) is 16.3. The molecule has 4 nitrogen and oxygen atoms in total. The summed E-state index contributed by atoms with van der Waals surface area (Å²) in [6, 6.07) is 74.4. The zero-order chi connectivity index (χ0) is 49.6. The summed E-state index contributed by atoms with van der Waals surface area (Å²) in [5.74, 6) is 4.66. The van der Waals surface area contributed by atoms with Gasteiger partial charge in [-0.25, -0.2) is 15.0 Å². The molecule has 0 amide bonds. The third-order valence-electron chi connectivity index (χ3n) is 18.2. The molecule has 4 saturated carbocycles. The lowest BCUT2D eigenvalue weighted by molar-refractivity contribution is -0.00518. The monoisotopic (exact) mass is 982 g/mol. The topological polar surface area (TPSA) is 43.6 Å². The molecule has 4 bridgehead atoms. The van der Waals surface area contributed by atoms with E-state index < -0.39 is 0 Å². The van der Waals surface area contributed by atoms with Crippen molar-refractivity contribution < 1.29 is 0 Å². The van der Waals surface area contributed by atoms with Crippen molar-refractivity contribution in [1.29, 1.82) is 0 Å². The minimum absolute atomic E-state index is 0.112. The van der Waals surface area contributed by atoms with Crippen molar-refractivity contribution in [2.45, 2.75) is 63.2 Å². The van der Waals surface area contributed by atoms with E-state index in [2.05, 4.69) is 219 Å². The van der Waals surface area contributed by atoms with Gasteiger partial charge < -0.3 is 4.57 Å². The van der Waals surface area contributed by atoms with E-state index >= 15 is 0 Å². The summed E-state index contributed by atoms with van der Waals surface area (Å²) in [6.07, 6.45) is 8.40. The van der Waals surface area contributed by atoms with Crippen LogP contribution in [0, 0.1) is 17.8 Å². The molecule has 0 atom stereocenters. The molecular weight excluding hydrogens is 929 g/mol. The highest BCUT2D eigenvalue weighted by molar-refractivity contribution is 7.25. The quantitative estimate of drug-likeness (QED) is 0.160. The van der Waals surface area contributed by atoms with E-state index in [1.165, 1.54) is 108 Å². The summed E-state index contributed by atoms with van der Waals surface area (Å²) < 4.78 is 4.94. The number of benzene rings is 9. The van der Waals surface area contributed by atoms with Crippen molar-refractivity contribution in [1.82, 2.24) is 19.5 Å². The number of thiophene rings is 1. The molecule has 12 aromatic rings. The first-order valence-corrected chi connectivity index (χ1v) is 27.9. The van der Waals surface area contributed by atoms with Gasteiger partial charge in [0.15, 0.2) is 17.5 Å². The molecule has 0 N–H and O–H groups in total. The molecule has 0 saturated heterocycles. The van der Waals surface area contributed by atoms with E-state index in [1.54, 1.807) is 5.56 Å². The van der Waals surface area contributed by atoms with Crippen molar-refractivity contribution in [3.8, 4) is 73.2 Å². The van der Waals surface area contributed by atoms with Crippen molar-refractivity contribution in [2.75, 3.05) is 0 Å². The van der Waals surface area contributed by atoms with Crippen LogP contribution >= 0.6 is 11.3 Å². The van der Waals surface area contributed by atoms with Crippen LogP contribution < -0.4 is 0 Å². The highest BCUT2D eigenvalue weighted by Crippen LogP contribution is 2.61. The predicted octanol–water partition coefficient (Wildman–Crippen LogP) is 18.4. The summed E-state index contributed by atoms with van der Waals surface area (Å²) >= 11 is 1.82. The van der Waals surface area contributed by atoms with Crippen molar-refractivity contribution in [2.24, 2.45) is 17.8 Å². The number of hydrogen-bond donors (Lipinski definition) is 0. The Bertz CT molecular complexity index is 4270. The Balaban J connectivity index is 0.920. The van der Waals surface area contributed by atoms with Crippen molar-refractivity contribution >= 4 is 53.3 Å². The Morgan fingerprint density at radius 2 is 0.987 bits per heavy atom. The standard InChI is InChI=1S/C70H54N4S/c1-69(2)60-20-9-6-15-54(60)59-37-46(26-30-61(59)69)66-71-67(47-25-29-57-56-17-8-11-22-63(56)75-64(57)38-47)73-68(72-66)50-35-48(45-23-27-51(28-24-45)70-39-42-31-43(40-70)33-44(32-42)41-70)34-49(36-50)53-18-12-19-58-55-16-7-10-21-62(55)74(65(53)58)52-13-4-3-5-14-52/h3-30,34-38,42-44H,31-33,39-41H2,1-2H3. The molecule has 0 unspecified atom stereocenters. The van der Waals surface area contributed by atoms with Crippen LogP contribution in [-0.4, -0.2) is 19.5 Å². The minimum atomic E-state index is -0.112. The Hall–Kier alpha value is -7.99. The van der Waals surface area contributed by atoms with Gasteiger partial charge in [0, 0.05) is 64.3 Å². The van der Waals surface area contributed by atoms with E-state index in [4.69, 9.17) is 15.0 Å². The molecule has 0 spiro atoms. The first-order chi connectivity index (χ1) is 36.8. The van der Waals surface area contributed by atoms with Crippen LogP contribution in [-0.2, 0) is 10.8 Å². The van der Waals surface area contributed by atoms with Gasteiger partial charge in [0.1, 0.15) is 0 Å². The van der Waals surface area contributed by atoms with Crippen molar-refractivity contribution in [3.05, 3.63) is 217 Å².